The summed E-state index contributed by atoms with van der Waals surface area (Å²) in [5.41, 5.74) is 1.11. The molecule has 1 atom stereocenters. The van der Waals surface area contributed by atoms with Crippen molar-refractivity contribution < 1.29 is 5.11 Å². The number of phenolic OH excluding ortho intramolecular Hbond substituents is 1. The van der Waals surface area contributed by atoms with Crippen LogP contribution in [0.1, 0.15) is 16.6 Å². The van der Waals surface area contributed by atoms with E-state index in [1.165, 1.54) is 0 Å². The number of nitrogens with one attached hydrogen (secondary N) is 1. The standard InChI is InChI=1S/C14H17N3OS/c18-12-3-1-2-11(10-12)13(14-16-6-9-19-14)17-7-4-15-5-8-17/h1-3,6,9-10,13,15,18H,4-5,7-8H2. The van der Waals surface area contributed by atoms with Crippen LogP contribution in [0.3, 0.4) is 0 Å². The monoisotopic (exact) mass is 275 g/mol. The van der Waals surface area contributed by atoms with E-state index in [2.05, 4.69) is 21.3 Å². The van der Waals surface area contributed by atoms with Gasteiger partial charge in [-0.15, -0.1) is 11.3 Å². The topological polar surface area (TPSA) is 48.4 Å². The number of aromatic hydroxyl groups is 1. The van der Waals surface area contributed by atoms with Crippen LogP contribution in [0.5, 0.6) is 5.75 Å². The second-order valence-electron chi connectivity index (χ2n) is 4.65. The van der Waals surface area contributed by atoms with Crippen LogP contribution in [0.25, 0.3) is 0 Å². The molecule has 3 rings (SSSR count). The van der Waals surface area contributed by atoms with Gasteiger partial charge in [-0.25, -0.2) is 4.98 Å². The molecule has 2 aromatic rings. The molecule has 0 spiro atoms. The Labute approximate surface area is 116 Å². The lowest BCUT2D eigenvalue weighted by atomic mass is 10.0. The number of rotatable bonds is 3. The molecule has 1 aliphatic heterocycles. The number of nitrogens with zero attached hydrogens (tertiary/aromatic N) is 2. The van der Waals surface area contributed by atoms with Crippen LogP contribution < -0.4 is 5.32 Å². The van der Waals surface area contributed by atoms with Crippen molar-refractivity contribution in [1.82, 2.24) is 15.2 Å². The van der Waals surface area contributed by atoms with Crippen molar-refractivity contribution in [2.24, 2.45) is 0 Å². The summed E-state index contributed by atoms with van der Waals surface area (Å²) in [6.07, 6.45) is 1.85. The molecular formula is C14H17N3OS. The van der Waals surface area contributed by atoms with Crippen molar-refractivity contribution >= 4 is 11.3 Å². The van der Waals surface area contributed by atoms with E-state index in [1.54, 1.807) is 17.4 Å². The third kappa shape index (κ3) is 2.78. The molecule has 2 heterocycles. The van der Waals surface area contributed by atoms with Crippen molar-refractivity contribution in [2.75, 3.05) is 26.2 Å². The maximum absolute atomic E-state index is 9.71. The average Bonchev–Trinajstić information content (AvgIpc) is 2.94. The van der Waals surface area contributed by atoms with E-state index in [1.807, 2.05) is 23.7 Å². The molecule has 19 heavy (non-hydrogen) atoms. The Balaban J connectivity index is 1.96. The fourth-order valence-corrected chi connectivity index (χ4v) is 3.31. The zero-order valence-corrected chi connectivity index (χ0v) is 11.4. The molecule has 0 amide bonds. The molecule has 0 aliphatic carbocycles. The number of piperazine rings is 1. The van der Waals surface area contributed by atoms with Crippen LogP contribution in [0.4, 0.5) is 0 Å². The summed E-state index contributed by atoms with van der Waals surface area (Å²) < 4.78 is 0. The van der Waals surface area contributed by atoms with Crippen LogP contribution in [0, 0.1) is 0 Å². The van der Waals surface area contributed by atoms with E-state index < -0.39 is 0 Å². The summed E-state index contributed by atoms with van der Waals surface area (Å²) in [4.78, 5) is 6.89. The highest BCUT2D eigenvalue weighted by atomic mass is 32.1. The second kappa shape index (κ2) is 5.69. The number of hydrogen-bond donors (Lipinski definition) is 2. The van der Waals surface area contributed by atoms with Gasteiger partial charge in [0.2, 0.25) is 0 Å². The summed E-state index contributed by atoms with van der Waals surface area (Å²) in [5, 5.41) is 16.2. The molecule has 1 fully saturated rings. The fraction of sp³-hybridized carbons (Fsp3) is 0.357. The molecule has 0 radical (unpaired) electrons. The molecule has 1 aliphatic rings. The lowest BCUT2D eigenvalue weighted by Gasteiger charge is -2.34. The number of phenols is 1. The minimum Gasteiger partial charge on any atom is -0.508 e. The number of benzene rings is 1. The van der Waals surface area contributed by atoms with Gasteiger partial charge >= 0.3 is 0 Å². The second-order valence-corrected chi connectivity index (χ2v) is 5.58. The fourth-order valence-electron chi connectivity index (χ4n) is 2.51. The van der Waals surface area contributed by atoms with Gasteiger partial charge in [0.25, 0.3) is 0 Å². The minimum atomic E-state index is 0.147. The average molecular weight is 275 g/mol. The third-order valence-corrected chi connectivity index (χ3v) is 4.22. The van der Waals surface area contributed by atoms with Crippen LogP contribution in [0.15, 0.2) is 35.8 Å². The predicted octanol–water partition coefficient (Wildman–Crippen LogP) is 1.84. The molecular weight excluding hydrogens is 258 g/mol. The number of thiazole rings is 1. The van der Waals surface area contributed by atoms with E-state index in [9.17, 15) is 5.11 Å². The van der Waals surface area contributed by atoms with Gasteiger partial charge in [0, 0.05) is 37.8 Å². The first-order valence-electron chi connectivity index (χ1n) is 6.48. The number of aromatic nitrogens is 1. The van der Waals surface area contributed by atoms with Crippen molar-refractivity contribution in [1.29, 1.82) is 0 Å². The van der Waals surface area contributed by atoms with Crippen LogP contribution in [-0.4, -0.2) is 41.2 Å². The van der Waals surface area contributed by atoms with Gasteiger partial charge in [-0.1, -0.05) is 12.1 Å². The van der Waals surface area contributed by atoms with Gasteiger partial charge in [0.1, 0.15) is 10.8 Å². The largest absolute Gasteiger partial charge is 0.508 e. The Morgan fingerprint density at radius 3 is 2.84 bits per heavy atom. The van der Waals surface area contributed by atoms with Gasteiger partial charge in [-0.2, -0.15) is 0 Å². The summed E-state index contributed by atoms with van der Waals surface area (Å²) >= 11 is 1.67. The Kier molecular flexibility index (Phi) is 3.77. The highest BCUT2D eigenvalue weighted by molar-refractivity contribution is 7.09. The van der Waals surface area contributed by atoms with Crippen LogP contribution in [-0.2, 0) is 0 Å². The molecule has 1 aromatic heterocycles. The Hall–Kier alpha value is -1.43. The molecule has 5 heteroatoms. The molecule has 100 valence electrons. The molecule has 0 saturated carbocycles. The van der Waals surface area contributed by atoms with Gasteiger partial charge < -0.3 is 10.4 Å². The first-order chi connectivity index (χ1) is 9.34. The lowest BCUT2D eigenvalue weighted by molar-refractivity contribution is 0.198. The summed E-state index contributed by atoms with van der Waals surface area (Å²) in [7, 11) is 0. The summed E-state index contributed by atoms with van der Waals surface area (Å²) in [5.74, 6) is 0.314. The molecule has 1 saturated heterocycles. The van der Waals surface area contributed by atoms with Crippen LogP contribution >= 0.6 is 11.3 Å². The van der Waals surface area contributed by atoms with E-state index in [4.69, 9.17) is 0 Å². The molecule has 4 nitrogen and oxygen atoms in total. The minimum absolute atomic E-state index is 0.147. The van der Waals surface area contributed by atoms with E-state index in [-0.39, 0.29) is 6.04 Å². The van der Waals surface area contributed by atoms with Gasteiger partial charge in [0.15, 0.2) is 0 Å². The zero-order chi connectivity index (χ0) is 13.1. The van der Waals surface area contributed by atoms with Gasteiger partial charge in [0.05, 0.1) is 6.04 Å². The first-order valence-corrected chi connectivity index (χ1v) is 7.35. The maximum atomic E-state index is 9.71. The quantitative estimate of drug-likeness (QED) is 0.897. The predicted molar refractivity (Wildman–Crippen MR) is 76.5 cm³/mol. The number of hydrogen-bond acceptors (Lipinski definition) is 5. The molecule has 1 unspecified atom stereocenters. The zero-order valence-electron chi connectivity index (χ0n) is 10.6. The third-order valence-electron chi connectivity index (χ3n) is 3.39. The van der Waals surface area contributed by atoms with Crippen LogP contribution in [0.2, 0.25) is 0 Å². The lowest BCUT2D eigenvalue weighted by Crippen LogP contribution is -2.45. The Bertz CT molecular complexity index is 523. The highest BCUT2D eigenvalue weighted by Gasteiger charge is 2.25. The van der Waals surface area contributed by atoms with Crippen molar-refractivity contribution in [3.8, 4) is 5.75 Å². The Morgan fingerprint density at radius 2 is 2.16 bits per heavy atom. The molecule has 1 aromatic carbocycles. The Morgan fingerprint density at radius 1 is 1.32 bits per heavy atom. The summed E-state index contributed by atoms with van der Waals surface area (Å²) in [6, 6.07) is 7.66. The van der Waals surface area contributed by atoms with Crippen molar-refractivity contribution in [2.45, 2.75) is 6.04 Å². The molecule has 0 bridgehead atoms. The van der Waals surface area contributed by atoms with E-state index in [0.29, 0.717) is 5.75 Å². The van der Waals surface area contributed by atoms with Crippen molar-refractivity contribution in [3.63, 3.8) is 0 Å². The smallest absolute Gasteiger partial charge is 0.115 e. The first kappa shape index (κ1) is 12.6. The summed E-state index contributed by atoms with van der Waals surface area (Å²) in [6.45, 7) is 4.00. The maximum Gasteiger partial charge on any atom is 0.115 e. The SMILES string of the molecule is Oc1cccc(C(c2nccs2)N2CCNCC2)c1. The van der Waals surface area contributed by atoms with Gasteiger partial charge in [-0.3, -0.25) is 4.90 Å². The van der Waals surface area contributed by atoms with Gasteiger partial charge in [-0.05, 0) is 17.7 Å². The molecule has 2 N–H and O–H groups in total. The van der Waals surface area contributed by atoms with Crippen molar-refractivity contribution in [3.05, 3.63) is 46.4 Å². The normalized spacial score (nSPS) is 18.3. The highest BCUT2D eigenvalue weighted by Crippen LogP contribution is 2.31. The van der Waals surface area contributed by atoms with E-state index >= 15 is 0 Å². The van der Waals surface area contributed by atoms with E-state index in [0.717, 1.165) is 36.8 Å².